The molecule has 4 nitrogen and oxygen atoms in total. The Kier molecular flexibility index (Phi) is 3.92. The van der Waals surface area contributed by atoms with Crippen LogP contribution in [0.1, 0.15) is 19.3 Å². The summed E-state index contributed by atoms with van der Waals surface area (Å²) in [6, 6.07) is 10.7. The quantitative estimate of drug-likeness (QED) is 0.916. The number of hydrogen-bond donors (Lipinski definition) is 1. The van der Waals surface area contributed by atoms with E-state index in [2.05, 4.69) is 34.1 Å². The van der Waals surface area contributed by atoms with Crippen molar-refractivity contribution >= 4 is 11.7 Å². The number of nitrogens with zero attached hydrogens (tertiary/aromatic N) is 2. The Morgan fingerprint density at radius 2 is 1.75 bits per heavy atom. The molecular weight excluding hydrogens is 252 g/mol. The zero-order valence-electron chi connectivity index (χ0n) is 11.7. The minimum Gasteiger partial charge on any atom is -0.481 e. The highest BCUT2D eigenvalue weighted by Gasteiger charge is 2.37. The van der Waals surface area contributed by atoms with Crippen molar-refractivity contribution in [2.45, 2.75) is 25.3 Å². The number of aliphatic carboxylic acids is 1. The highest BCUT2D eigenvalue weighted by Crippen LogP contribution is 2.31. The van der Waals surface area contributed by atoms with Crippen molar-refractivity contribution < 1.29 is 9.90 Å². The Hall–Kier alpha value is -1.55. The van der Waals surface area contributed by atoms with Crippen molar-refractivity contribution in [3.63, 3.8) is 0 Å². The fourth-order valence-corrected chi connectivity index (χ4v) is 3.62. The first-order valence-corrected chi connectivity index (χ1v) is 7.52. The molecule has 0 aromatic heterocycles. The predicted octanol–water partition coefficient (Wildman–Crippen LogP) is 2.06. The molecule has 4 heteroatoms. The van der Waals surface area contributed by atoms with Crippen LogP contribution in [-0.2, 0) is 4.79 Å². The Morgan fingerprint density at radius 1 is 1.05 bits per heavy atom. The second kappa shape index (κ2) is 5.83. The largest absolute Gasteiger partial charge is 0.481 e. The molecule has 2 atom stereocenters. The van der Waals surface area contributed by atoms with Crippen LogP contribution in [-0.4, -0.2) is 48.2 Å². The summed E-state index contributed by atoms with van der Waals surface area (Å²) >= 11 is 0. The minimum atomic E-state index is -0.613. The van der Waals surface area contributed by atoms with Gasteiger partial charge in [-0.3, -0.25) is 9.69 Å². The summed E-state index contributed by atoms with van der Waals surface area (Å²) < 4.78 is 0. The van der Waals surface area contributed by atoms with E-state index >= 15 is 0 Å². The van der Waals surface area contributed by atoms with Gasteiger partial charge in [-0.1, -0.05) is 24.6 Å². The van der Waals surface area contributed by atoms with E-state index < -0.39 is 5.97 Å². The number of anilines is 1. The molecule has 3 rings (SSSR count). The van der Waals surface area contributed by atoms with Gasteiger partial charge in [-0.05, 0) is 25.0 Å². The van der Waals surface area contributed by atoms with E-state index in [-0.39, 0.29) is 12.0 Å². The molecule has 1 saturated carbocycles. The van der Waals surface area contributed by atoms with Crippen LogP contribution in [0.25, 0.3) is 0 Å². The highest BCUT2D eigenvalue weighted by molar-refractivity contribution is 5.71. The molecule has 2 fully saturated rings. The number of carbonyl (C=O) groups is 1. The van der Waals surface area contributed by atoms with Gasteiger partial charge in [0, 0.05) is 37.9 Å². The lowest BCUT2D eigenvalue weighted by Gasteiger charge is -2.40. The molecule has 1 aliphatic carbocycles. The number of benzene rings is 1. The van der Waals surface area contributed by atoms with Gasteiger partial charge in [-0.15, -0.1) is 0 Å². The first kappa shape index (κ1) is 13.4. The number of carboxylic acids is 1. The molecule has 0 radical (unpaired) electrons. The lowest BCUT2D eigenvalue weighted by molar-refractivity contribution is -0.143. The molecule has 1 aliphatic heterocycles. The van der Waals surface area contributed by atoms with Gasteiger partial charge in [-0.25, -0.2) is 0 Å². The van der Waals surface area contributed by atoms with Crippen molar-refractivity contribution in [1.82, 2.24) is 4.90 Å². The molecule has 0 amide bonds. The van der Waals surface area contributed by atoms with Gasteiger partial charge < -0.3 is 10.0 Å². The maximum Gasteiger partial charge on any atom is 0.308 e. The summed E-state index contributed by atoms with van der Waals surface area (Å²) in [5.41, 5.74) is 1.27. The van der Waals surface area contributed by atoms with E-state index in [0.29, 0.717) is 0 Å². The van der Waals surface area contributed by atoms with E-state index in [1.807, 2.05) is 6.07 Å². The predicted molar refractivity (Wildman–Crippen MR) is 79.0 cm³/mol. The summed E-state index contributed by atoms with van der Waals surface area (Å²) in [6.45, 7) is 3.94. The van der Waals surface area contributed by atoms with Crippen LogP contribution < -0.4 is 4.90 Å². The third-order valence-electron chi connectivity index (χ3n) is 4.70. The lowest BCUT2D eigenvalue weighted by atomic mass is 10.0. The molecular formula is C16H22N2O2. The number of piperazine rings is 1. The molecule has 0 spiro atoms. The molecule has 20 heavy (non-hydrogen) atoms. The minimum absolute atomic E-state index is 0.154. The zero-order chi connectivity index (χ0) is 13.9. The van der Waals surface area contributed by atoms with E-state index in [4.69, 9.17) is 0 Å². The summed E-state index contributed by atoms with van der Waals surface area (Å²) in [5.74, 6) is -0.767. The molecule has 1 saturated heterocycles. The van der Waals surface area contributed by atoms with Crippen molar-refractivity contribution in [1.29, 1.82) is 0 Å². The number of hydrogen-bond acceptors (Lipinski definition) is 3. The van der Waals surface area contributed by atoms with Crippen LogP contribution in [0.4, 0.5) is 5.69 Å². The van der Waals surface area contributed by atoms with Gasteiger partial charge in [0.1, 0.15) is 0 Å². The molecule has 1 aromatic rings. The monoisotopic (exact) mass is 274 g/mol. The van der Waals surface area contributed by atoms with E-state index in [9.17, 15) is 9.90 Å². The Bertz CT molecular complexity index is 455. The van der Waals surface area contributed by atoms with Crippen molar-refractivity contribution in [3.8, 4) is 0 Å². The molecule has 1 N–H and O–H groups in total. The topological polar surface area (TPSA) is 43.8 Å². The van der Waals surface area contributed by atoms with Crippen molar-refractivity contribution in [2.75, 3.05) is 31.1 Å². The first-order valence-electron chi connectivity index (χ1n) is 7.52. The molecule has 0 bridgehead atoms. The number of carboxylic acid groups (broad SMARTS) is 1. The van der Waals surface area contributed by atoms with E-state index in [0.717, 1.165) is 45.4 Å². The van der Waals surface area contributed by atoms with Gasteiger partial charge >= 0.3 is 5.97 Å². The Labute approximate surface area is 120 Å². The average Bonchev–Trinajstić information content (AvgIpc) is 2.98. The van der Waals surface area contributed by atoms with Gasteiger partial charge in [0.25, 0.3) is 0 Å². The smallest absolute Gasteiger partial charge is 0.308 e. The third-order valence-corrected chi connectivity index (χ3v) is 4.70. The highest BCUT2D eigenvalue weighted by atomic mass is 16.4. The summed E-state index contributed by atoms with van der Waals surface area (Å²) in [5, 5.41) is 9.31. The fraction of sp³-hybridized carbons (Fsp3) is 0.562. The van der Waals surface area contributed by atoms with Crippen molar-refractivity contribution in [2.24, 2.45) is 5.92 Å². The SMILES string of the molecule is O=C(O)C1CCCC1N1CCN(c2ccccc2)CC1. The van der Waals surface area contributed by atoms with E-state index in [1.165, 1.54) is 5.69 Å². The number of para-hydroxylation sites is 1. The van der Waals surface area contributed by atoms with Gasteiger partial charge in [0.15, 0.2) is 0 Å². The molecule has 2 unspecified atom stereocenters. The Balaban J connectivity index is 1.60. The van der Waals surface area contributed by atoms with Gasteiger partial charge in [0.05, 0.1) is 5.92 Å². The standard InChI is InChI=1S/C16H22N2O2/c19-16(20)14-7-4-8-15(14)18-11-9-17(10-12-18)13-5-2-1-3-6-13/h1-3,5-6,14-15H,4,7-12H2,(H,19,20). The fourth-order valence-electron chi connectivity index (χ4n) is 3.62. The van der Waals surface area contributed by atoms with Crippen LogP contribution >= 0.6 is 0 Å². The van der Waals surface area contributed by atoms with Gasteiger partial charge in [0.2, 0.25) is 0 Å². The summed E-state index contributed by atoms with van der Waals surface area (Å²) in [6.07, 6.45) is 2.95. The van der Waals surface area contributed by atoms with E-state index in [1.54, 1.807) is 0 Å². The summed E-state index contributed by atoms with van der Waals surface area (Å²) in [4.78, 5) is 16.1. The first-order chi connectivity index (χ1) is 9.75. The van der Waals surface area contributed by atoms with Crippen LogP contribution in [0.5, 0.6) is 0 Å². The van der Waals surface area contributed by atoms with Crippen LogP contribution in [0.15, 0.2) is 30.3 Å². The normalized spacial score (nSPS) is 27.7. The summed E-state index contributed by atoms with van der Waals surface area (Å²) in [7, 11) is 0. The van der Waals surface area contributed by atoms with Gasteiger partial charge in [-0.2, -0.15) is 0 Å². The molecule has 1 heterocycles. The van der Waals surface area contributed by atoms with Crippen LogP contribution in [0.2, 0.25) is 0 Å². The lowest BCUT2D eigenvalue weighted by Crippen LogP contribution is -2.52. The maximum absolute atomic E-state index is 11.3. The molecule has 1 aromatic carbocycles. The zero-order valence-corrected chi connectivity index (χ0v) is 11.7. The second-order valence-corrected chi connectivity index (χ2v) is 5.80. The third kappa shape index (κ3) is 2.66. The Morgan fingerprint density at radius 3 is 2.40 bits per heavy atom. The second-order valence-electron chi connectivity index (χ2n) is 5.80. The van der Waals surface area contributed by atoms with Crippen LogP contribution in [0.3, 0.4) is 0 Å². The van der Waals surface area contributed by atoms with Crippen LogP contribution in [0, 0.1) is 5.92 Å². The van der Waals surface area contributed by atoms with Crippen molar-refractivity contribution in [3.05, 3.63) is 30.3 Å². The maximum atomic E-state index is 11.3. The molecule has 108 valence electrons. The number of rotatable bonds is 3. The average molecular weight is 274 g/mol. The molecule has 2 aliphatic rings.